The molecule has 0 unspecified atom stereocenters. The van der Waals surface area contributed by atoms with Crippen LogP contribution in [0, 0.1) is 0 Å². The van der Waals surface area contributed by atoms with E-state index in [2.05, 4.69) is 15.2 Å². The molecule has 3 heterocycles. The van der Waals surface area contributed by atoms with E-state index in [9.17, 15) is 8.42 Å². The molecule has 2 aromatic carbocycles. The summed E-state index contributed by atoms with van der Waals surface area (Å²) in [5.41, 5.74) is 2.18. The van der Waals surface area contributed by atoms with Crippen molar-refractivity contribution in [1.82, 2.24) is 14.3 Å². The second-order valence-corrected chi connectivity index (χ2v) is 8.79. The Morgan fingerprint density at radius 2 is 1.71 bits per heavy atom. The Kier molecular flexibility index (Phi) is 5.88. The van der Waals surface area contributed by atoms with E-state index in [0.29, 0.717) is 15.9 Å². The maximum absolute atomic E-state index is 13.7. The molecule has 0 atom stereocenters. The minimum Gasteiger partial charge on any atom is -0.483 e. The van der Waals surface area contributed by atoms with Crippen LogP contribution in [0.2, 0.25) is 0 Å². The quantitative estimate of drug-likeness (QED) is 0.474. The first kappa shape index (κ1) is 20.8. The zero-order chi connectivity index (χ0) is 21.8. The summed E-state index contributed by atoms with van der Waals surface area (Å²) in [7, 11) is -3.78. The minimum atomic E-state index is -3.78. The second kappa shape index (κ2) is 8.75. The van der Waals surface area contributed by atoms with Crippen LogP contribution in [0.4, 0.5) is 5.69 Å². The van der Waals surface area contributed by atoms with Gasteiger partial charge in [0.15, 0.2) is 0 Å². The predicted octanol–water partition coefficient (Wildman–Crippen LogP) is 2.54. The molecule has 31 heavy (non-hydrogen) atoms. The monoisotopic (exact) mass is 438 g/mol. The lowest BCUT2D eigenvalue weighted by molar-refractivity contribution is -0.122. The third-order valence-electron chi connectivity index (χ3n) is 5.25. The van der Waals surface area contributed by atoms with E-state index in [1.54, 1.807) is 30.6 Å². The fourth-order valence-electron chi connectivity index (χ4n) is 3.88. The molecule has 2 N–H and O–H groups in total. The summed E-state index contributed by atoms with van der Waals surface area (Å²) in [6.07, 6.45) is 3.43. The number of fused-ring (bicyclic) bond motifs is 2. The SMILES string of the molecule is O=CO.O=S(=O)(c1cccc2ccccc12)n1cc(N2CCNCC2)c2ncccc21. The number of nitrogens with zero attached hydrogens (tertiary/aromatic N) is 3. The van der Waals surface area contributed by atoms with Crippen LogP contribution in [0.1, 0.15) is 0 Å². The fraction of sp³-hybridized carbons (Fsp3) is 0.182. The number of piperazine rings is 1. The van der Waals surface area contributed by atoms with Crippen molar-refractivity contribution >= 4 is 44.0 Å². The van der Waals surface area contributed by atoms with E-state index in [1.165, 1.54) is 3.97 Å². The van der Waals surface area contributed by atoms with Crippen LogP contribution in [-0.2, 0) is 14.8 Å². The van der Waals surface area contributed by atoms with Crippen LogP contribution in [0.5, 0.6) is 0 Å². The van der Waals surface area contributed by atoms with Crippen molar-refractivity contribution < 1.29 is 18.3 Å². The van der Waals surface area contributed by atoms with E-state index in [-0.39, 0.29) is 6.47 Å². The van der Waals surface area contributed by atoms with Gasteiger partial charge in [-0.1, -0.05) is 36.4 Å². The Morgan fingerprint density at radius 1 is 1.00 bits per heavy atom. The van der Waals surface area contributed by atoms with Crippen LogP contribution in [0.3, 0.4) is 0 Å². The number of rotatable bonds is 3. The number of hydrogen-bond acceptors (Lipinski definition) is 6. The van der Waals surface area contributed by atoms with Gasteiger partial charge in [0.2, 0.25) is 0 Å². The minimum absolute atomic E-state index is 0.250. The van der Waals surface area contributed by atoms with Gasteiger partial charge in [0, 0.05) is 44.0 Å². The molecular weight excluding hydrogens is 416 g/mol. The van der Waals surface area contributed by atoms with Crippen molar-refractivity contribution in [1.29, 1.82) is 0 Å². The first-order chi connectivity index (χ1) is 15.1. The van der Waals surface area contributed by atoms with Gasteiger partial charge >= 0.3 is 0 Å². The van der Waals surface area contributed by atoms with Crippen LogP contribution >= 0.6 is 0 Å². The van der Waals surface area contributed by atoms with Crippen molar-refractivity contribution in [3.05, 3.63) is 67.0 Å². The molecule has 9 heteroatoms. The molecule has 2 aromatic heterocycles. The number of carboxylic acid groups (broad SMARTS) is 1. The van der Waals surface area contributed by atoms with E-state index < -0.39 is 10.0 Å². The standard InChI is InChI=1S/C21H20N4O2S.CH2O2/c26-28(27,20-9-3-6-16-5-1-2-7-17(16)20)25-15-19(24-13-11-22-12-14-24)21-18(25)8-4-10-23-21;2-1-3/h1-10,15,22H,11-14H2;1H,(H,2,3). The lowest BCUT2D eigenvalue weighted by Crippen LogP contribution is -2.43. The van der Waals surface area contributed by atoms with E-state index in [4.69, 9.17) is 9.90 Å². The van der Waals surface area contributed by atoms with Gasteiger partial charge in [-0.3, -0.25) is 9.78 Å². The second-order valence-electron chi connectivity index (χ2n) is 7.01. The highest BCUT2D eigenvalue weighted by Crippen LogP contribution is 2.32. The summed E-state index contributed by atoms with van der Waals surface area (Å²) in [5.74, 6) is 0. The number of nitrogens with one attached hydrogen (secondary N) is 1. The number of hydrogen-bond donors (Lipinski definition) is 2. The molecule has 0 bridgehead atoms. The summed E-state index contributed by atoms with van der Waals surface area (Å²) >= 11 is 0. The normalized spacial score (nSPS) is 14.3. The number of carbonyl (C=O) groups is 1. The van der Waals surface area contributed by atoms with Crippen molar-refractivity contribution in [2.24, 2.45) is 0 Å². The lowest BCUT2D eigenvalue weighted by atomic mass is 10.1. The predicted molar refractivity (Wildman–Crippen MR) is 120 cm³/mol. The summed E-state index contributed by atoms with van der Waals surface area (Å²) in [6, 6.07) is 16.5. The number of pyridine rings is 1. The van der Waals surface area contributed by atoms with Gasteiger partial charge in [-0.05, 0) is 23.6 Å². The molecule has 160 valence electrons. The molecule has 0 saturated carbocycles. The van der Waals surface area contributed by atoms with Gasteiger partial charge in [0.25, 0.3) is 16.5 Å². The largest absolute Gasteiger partial charge is 0.483 e. The van der Waals surface area contributed by atoms with Crippen LogP contribution < -0.4 is 10.2 Å². The third kappa shape index (κ3) is 3.85. The highest BCUT2D eigenvalue weighted by molar-refractivity contribution is 7.90. The molecule has 1 saturated heterocycles. The molecule has 0 spiro atoms. The van der Waals surface area contributed by atoms with Crippen LogP contribution in [0.15, 0.2) is 71.9 Å². The molecule has 0 amide bonds. The van der Waals surface area contributed by atoms with Crippen molar-refractivity contribution in [3.63, 3.8) is 0 Å². The Balaban J connectivity index is 0.000000730. The van der Waals surface area contributed by atoms with Crippen molar-refractivity contribution in [2.75, 3.05) is 31.1 Å². The van der Waals surface area contributed by atoms with E-state index >= 15 is 0 Å². The maximum Gasteiger partial charge on any atom is 0.290 e. The molecule has 4 aromatic rings. The lowest BCUT2D eigenvalue weighted by Gasteiger charge is -2.28. The zero-order valence-electron chi connectivity index (χ0n) is 16.7. The number of aromatic nitrogens is 2. The molecule has 5 rings (SSSR count). The third-order valence-corrected chi connectivity index (χ3v) is 6.98. The average molecular weight is 439 g/mol. The van der Waals surface area contributed by atoms with Crippen LogP contribution in [0.25, 0.3) is 21.8 Å². The Bertz CT molecular complexity index is 1320. The van der Waals surface area contributed by atoms with Gasteiger partial charge in [0.1, 0.15) is 5.52 Å². The van der Waals surface area contributed by atoms with Crippen molar-refractivity contribution in [2.45, 2.75) is 4.90 Å². The van der Waals surface area contributed by atoms with Crippen LogP contribution in [-0.4, -0.2) is 55.1 Å². The topological polar surface area (TPSA) is 105 Å². The zero-order valence-corrected chi connectivity index (χ0v) is 17.5. The molecule has 1 aliphatic rings. The van der Waals surface area contributed by atoms with E-state index in [0.717, 1.165) is 42.6 Å². The average Bonchev–Trinajstić information content (AvgIpc) is 3.20. The van der Waals surface area contributed by atoms with Gasteiger partial charge in [0.05, 0.1) is 16.1 Å². The number of benzene rings is 2. The van der Waals surface area contributed by atoms with Gasteiger partial charge in [-0.15, -0.1) is 0 Å². The molecule has 1 fully saturated rings. The number of anilines is 1. The highest BCUT2D eigenvalue weighted by atomic mass is 32.2. The van der Waals surface area contributed by atoms with Gasteiger partial charge in [-0.2, -0.15) is 0 Å². The Hall–Kier alpha value is -3.43. The molecule has 1 aliphatic heterocycles. The first-order valence-corrected chi connectivity index (χ1v) is 11.2. The highest BCUT2D eigenvalue weighted by Gasteiger charge is 2.26. The molecule has 0 aliphatic carbocycles. The van der Waals surface area contributed by atoms with Crippen molar-refractivity contribution in [3.8, 4) is 0 Å². The summed E-state index contributed by atoms with van der Waals surface area (Å²) in [6.45, 7) is 3.14. The smallest absolute Gasteiger partial charge is 0.290 e. The molecule has 0 radical (unpaired) electrons. The fourth-order valence-corrected chi connectivity index (χ4v) is 5.45. The van der Waals surface area contributed by atoms with Gasteiger partial charge < -0.3 is 15.3 Å². The maximum atomic E-state index is 13.7. The first-order valence-electron chi connectivity index (χ1n) is 9.81. The Labute approximate surface area is 179 Å². The Morgan fingerprint density at radius 3 is 2.48 bits per heavy atom. The van der Waals surface area contributed by atoms with E-state index in [1.807, 2.05) is 36.4 Å². The molecular formula is C22H22N4O4S. The summed E-state index contributed by atoms with van der Waals surface area (Å²) in [5, 5.41) is 11.8. The summed E-state index contributed by atoms with van der Waals surface area (Å²) < 4.78 is 28.7. The summed E-state index contributed by atoms with van der Waals surface area (Å²) in [4.78, 5) is 15.4. The van der Waals surface area contributed by atoms with Gasteiger partial charge in [-0.25, -0.2) is 12.4 Å². The molecule has 8 nitrogen and oxygen atoms in total.